The molecule has 138 valence electrons. The van der Waals surface area contributed by atoms with Crippen molar-refractivity contribution >= 4 is 11.7 Å². The second-order valence-electron chi connectivity index (χ2n) is 7.46. The maximum atomic E-state index is 12.7. The zero-order chi connectivity index (χ0) is 17.6. The number of amides is 1. The van der Waals surface area contributed by atoms with Crippen molar-refractivity contribution < 1.29 is 9.53 Å². The molecule has 0 aliphatic carbocycles. The van der Waals surface area contributed by atoms with Crippen LogP contribution in [0, 0.1) is 11.8 Å². The van der Waals surface area contributed by atoms with Crippen molar-refractivity contribution in [3.8, 4) is 0 Å². The van der Waals surface area contributed by atoms with Gasteiger partial charge in [0.1, 0.15) is 5.82 Å². The molecule has 3 atom stereocenters. The molecule has 2 aliphatic heterocycles. The van der Waals surface area contributed by atoms with E-state index in [1.807, 2.05) is 17.0 Å². The minimum atomic E-state index is 0.0581. The summed E-state index contributed by atoms with van der Waals surface area (Å²) in [7, 11) is 0. The van der Waals surface area contributed by atoms with Gasteiger partial charge in [-0.25, -0.2) is 0 Å². The number of carbonyl (C=O) groups is 1. The number of hydrogen-bond donors (Lipinski definition) is 1. The molecule has 3 rings (SSSR count). The summed E-state index contributed by atoms with van der Waals surface area (Å²) in [5.74, 6) is 2.19. The summed E-state index contributed by atoms with van der Waals surface area (Å²) in [6, 6.07) is 3.73. The molecule has 1 aromatic heterocycles. The molecule has 3 heterocycles. The summed E-state index contributed by atoms with van der Waals surface area (Å²) >= 11 is 0. The zero-order valence-corrected chi connectivity index (χ0v) is 15.2. The van der Waals surface area contributed by atoms with Crippen molar-refractivity contribution in [2.24, 2.45) is 11.8 Å². The van der Waals surface area contributed by atoms with Gasteiger partial charge in [-0.2, -0.15) is 5.10 Å². The molecule has 0 aromatic carbocycles. The Morgan fingerprint density at radius 2 is 2.12 bits per heavy atom. The van der Waals surface area contributed by atoms with Gasteiger partial charge in [-0.1, -0.05) is 13.8 Å². The summed E-state index contributed by atoms with van der Waals surface area (Å²) in [5.41, 5.74) is 0. The van der Waals surface area contributed by atoms with Crippen molar-refractivity contribution in [2.45, 2.75) is 26.4 Å². The van der Waals surface area contributed by atoms with Crippen LogP contribution in [0.25, 0.3) is 0 Å². The molecule has 1 amide bonds. The Morgan fingerprint density at radius 1 is 1.32 bits per heavy atom. The van der Waals surface area contributed by atoms with Crippen molar-refractivity contribution in [2.75, 3.05) is 51.2 Å². The van der Waals surface area contributed by atoms with Gasteiger partial charge in [0.2, 0.25) is 5.91 Å². The Hall–Kier alpha value is -1.73. The molecular weight excluding hydrogens is 318 g/mol. The molecule has 7 heteroatoms. The zero-order valence-electron chi connectivity index (χ0n) is 15.2. The highest BCUT2D eigenvalue weighted by Gasteiger charge is 2.28. The number of anilines is 1. The van der Waals surface area contributed by atoms with Crippen LogP contribution in [0.3, 0.4) is 0 Å². The maximum absolute atomic E-state index is 12.7. The molecule has 2 saturated heterocycles. The number of hydrogen-bond acceptors (Lipinski definition) is 6. The lowest BCUT2D eigenvalue weighted by Crippen LogP contribution is -2.51. The van der Waals surface area contributed by atoms with Gasteiger partial charge >= 0.3 is 0 Å². The summed E-state index contributed by atoms with van der Waals surface area (Å²) in [6.07, 6.45) is 2.93. The van der Waals surface area contributed by atoms with Crippen molar-refractivity contribution in [3.05, 3.63) is 18.3 Å². The first-order chi connectivity index (χ1) is 12.1. The standard InChI is InChI=1S/C18H29N5O2/c1-14-8-15(2)11-23(10-14)18(24)13-22-6-7-25-16(12-22)9-19-17-4-3-5-20-21-17/h3-5,14-16H,6-13H2,1-2H3,(H,19,21). The fourth-order valence-corrected chi connectivity index (χ4v) is 3.82. The minimum Gasteiger partial charge on any atom is -0.374 e. The van der Waals surface area contributed by atoms with E-state index in [0.717, 1.165) is 32.0 Å². The Labute approximate surface area is 149 Å². The Balaban J connectivity index is 1.45. The topological polar surface area (TPSA) is 70.6 Å². The molecule has 1 aromatic rings. The highest BCUT2D eigenvalue weighted by molar-refractivity contribution is 5.78. The predicted octanol–water partition coefficient (Wildman–Crippen LogP) is 1.09. The molecule has 2 fully saturated rings. The number of nitrogens with one attached hydrogen (secondary N) is 1. The molecule has 0 bridgehead atoms. The molecule has 0 spiro atoms. The van der Waals surface area contributed by atoms with Gasteiger partial charge in [-0.15, -0.1) is 5.10 Å². The smallest absolute Gasteiger partial charge is 0.236 e. The van der Waals surface area contributed by atoms with E-state index < -0.39 is 0 Å². The lowest BCUT2D eigenvalue weighted by molar-refractivity contribution is -0.136. The monoisotopic (exact) mass is 347 g/mol. The molecule has 7 nitrogen and oxygen atoms in total. The molecule has 1 N–H and O–H groups in total. The van der Waals surface area contributed by atoms with Crippen LogP contribution >= 0.6 is 0 Å². The van der Waals surface area contributed by atoms with E-state index in [0.29, 0.717) is 31.5 Å². The third-order valence-corrected chi connectivity index (χ3v) is 4.89. The molecule has 0 saturated carbocycles. The molecular formula is C18H29N5O2. The van der Waals surface area contributed by atoms with Crippen LogP contribution in [0.5, 0.6) is 0 Å². The fourth-order valence-electron chi connectivity index (χ4n) is 3.82. The third kappa shape index (κ3) is 5.37. The summed E-state index contributed by atoms with van der Waals surface area (Å²) in [4.78, 5) is 16.9. The van der Waals surface area contributed by atoms with Gasteiger partial charge in [-0.3, -0.25) is 9.69 Å². The quantitative estimate of drug-likeness (QED) is 0.860. The van der Waals surface area contributed by atoms with Crippen LogP contribution in [0.15, 0.2) is 18.3 Å². The summed E-state index contributed by atoms with van der Waals surface area (Å²) < 4.78 is 5.81. The van der Waals surface area contributed by atoms with Crippen LogP contribution in [0.2, 0.25) is 0 Å². The predicted molar refractivity (Wildman–Crippen MR) is 96.2 cm³/mol. The number of morpholine rings is 1. The number of rotatable bonds is 5. The number of ether oxygens (including phenoxy) is 1. The fraction of sp³-hybridized carbons (Fsp3) is 0.722. The third-order valence-electron chi connectivity index (χ3n) is 4.89. The van der Waals surface area contributed by atoms with E-state index in [1.54, 1.807) is 6.20 Å². The maximum Gasteiger partial charge on any atom is 0.236 e. The first-order valence-electron chi connectivity index (χ1n) is 9.23. The first kappa shape index (κ1) is 18.1. The van der Waals surface area contributed by atoms with E-state index in [1.165, 1.54) is 6.42 Å². The second-order valence-corrected chi connectivity index (χ2v) is 7.46. The highest BCUT2D eigenvalue weighted by atomic mass is 16.5. The van der Waals surface area contributed by atoms with Crippen molar-refractivity contribution in [1.29, 1.82) is 0 Å². The van der Waals surface area contributed by atoms with Crippen LogP contribution in [-0.4, -0.2) is 77.9 Å². The Bertz CT molecular complexity index is 546. The number of carbonyl (C=O) groups excluding carboxylic acids is 1. The van der Waals surface area contributed by atoms with Crippen molar-refractivity contribution in [3.63, 3.8) is 0 Å². The van der Waals surface area contributed by atoms with E-state index in [2.05, 4.69) is 34.3 Å². The van der Waals surface area contributed by atoms with Crippen LogP contribution in [0.4, 0.5) is 5.82 Å². The van der Waals surface area contributed by atoms with E-state index in [4.69, 9.17) is 4.74 Å². The van der Waals surface area contributed by atoms with E-state index in [-0.39, 0.29) is 12.0 Å². The molecule has 0 radical (unpaired) electrons. The largest absolute Gasteiger partial charge is 0.374 e. The van der Waals surface area contributed by atoms with Crippen LogP contribution in [-0.2, 0) is 9.53 Å². The van der Waals surface area contributed by atoms with Crippen molar-refractivity contribution in [1.82, 2.24) is 20.0 Å². The van der Waals surface area contributed by atoms with E-state index >= 15 is 0 Å². The Kier molecular flexibility index (Phi) is 6.20. The van der Waals surface area contributed by atoms with Gasteiger partial charge in [0.25, 0.3) is 0 Å². The number of aromatic nitrogens is 2. The lowest BCUT2D eigenvalue weighted by atomic mass is 9.92. The molecule has 25 heavy (non-hydrogen) atoms. The molecule has 2 aliphatic rings. The summed E-state index contributed by atoms with van der Waals surface area (Å²) in [5, 5.41) is 11.1. The lowest BCUT2D eigenvalue weighted by Gasteiger charge is -2.38. The van der Waals surface area contributed by atoms with Gasteiger partial charge in [0.15, 0.2) is 0 Å². The average Bonchev–Trinajstić information content (AvgIpc) is 2.60. The second kappa shape index (κ2) is 8.58. The van der Waals surface area contributed by atoms with Crippen LogP contribution in [0.1, 0.15) is 20.3 Å². The number of nitrogens with zero attached hydrogens (tertiary/aromatic N) is 4. The number of piperidine rings is 1. The summed E-state index contributed by atoms with van der Waals surface area (Å²) in [6.45, 7) is 9.65. The SMILES string of the molecule is CC1CC(C)CN(C(=O)CN2CCOC(CNc3cccnn3)C2)C1. The van der Waals surface area contributed by atoms with Gasteiger partial charge < -0.3 is 15.0 Å². The normalized spacial score (nSPS) is 27.9. The van der Waals surface area contributed by atoms with Gasteiger partial charge in [-0.05, 0) is 30.4 Å². The van der Waals surface area contributed by atoms with E-state index in [9.17, 15) is 4.79 Å². The molecule has 3 unspecified atom stereocenters. The Morgan fingerprint density at radius 3 is 2.84 bits per heavy atom. The first-order valence-corrected chi connectivity index (χ1v) is 9.23. The van der Waals surface area contributed by atoms with Crippen LogP contribution < -0.4 is 5.32 Å². The highest BCUT2D eigenvalue weighted by Crippen LogP contribution is 2.21. The minimum absolute atomic E-state index is 0.0581. The average molecular weight is 347 g/mol. The van der Waals surface area contributed by atoms with Gasteiger partial charge in [0, 0.05) is 38.9 Å². The number of likely N-dealkylation sites (tertiary alicyclic amines) is 1. The van der Waals surface area contributed by atoms with Gasteiger partial charge in [0.05, 0.1) is 19.3 Å².